The van der Waals surface area contributed by atoms with E-state index >= 15 is 0 Å². The maximum Gasteiger partial charge on any atom is 0.240 e. The van der Waals surface area contributed by atoms with E-state index in [9.17, 15) is 19.2 Å². The molecule has 2 aliphatic rings. The Hall–Kier alpha value is -1.51. The molecule has 0 unspecified atom stereocenters. The van der Waals surface area contributed by atoms with Crippen molar-refractivity contribution in [3.8, 4) is 0 Å². The molecular weight excluding hydrogens is 288 g/mol. The van der Waals surface area contributed by atoms with Gasteiger partial charge in [0.25, 0.3) is 0 Å². The molecule has 0 aliphatic carbocycles. The molecule has 2 rings (SSSR count). The highest BCUT2D eigenvalue weighted by Gasteiger charge is 2.29. The molecule has 112 valence electrons. The summed E-state index contributed by atoms with van der Waals surface area (Å²) in [6.45, 7) is 2.94. The fraction of sp³-hybridized carbons (Fsp3) is 0.636. The third-order valence-corrected chi connectivity index (χ3v) is 3.13. The van der Waals surface area contributed by atoms with Gasteiger partial charge in [-0.3, -0.25) is 39.6 Å². The summed E-state index contributed by atoms with van der Waals surface area (Å²) in [5.74, 6) is -1.29. The van der Waals surface area contributed by atoms with Gasteiger partial charge in [0.1, 0.15) is 0 Å². The zero-order chi connectivity index (χ0) is 14.0. The van der Waals surface area contributed by atoms with Gasteiger partial charge in [-0.1, -0.05) is 0 Å². The van der Waals surface area contributed by atoms with Crippen molar-refractivity contribution in [2.45, 2.75) is 13.0 Å². The highest BCUT2D eigenvalue weighted by Crippen LogP contribution is 2.06. The SMILES string of the molecule is C[C@@H](CN1CC(=O)NC(=O)C1)N1CC(=O)NC(=O)C1.Cl. The smallest absolute Gasteiger partial charge is 0.240 e. The van der Waals surface area contributed by atoms with Gasteiger partial charge in [-0.05, 0) is 6.92 Å². The van der Waals surface area contributed by atoms with Crippen LogP contribution in [-0.4, -0.2) is 72.2 Å². The number of hydrogen-bond donors (Lipinski definition) is 2. The van der Waals surface area contributed by atoms with Crippen molar-refractivity contribution in [3.63, 3.8) is 0 Å². The number of imide groups is 2. The second kappa shape index (κ2) is 6.78. The molecule has 0 aromatic rings. The molecule has 8 nitrogen and oxygen atoms in total. The Morgan fingerprint density at radius 1 is 0.900 bits per heavy atom. The summed E-state index contributed by atoms with van der Waals surface area (Å²) in [4.78, 5) is 48.5. The molecule has 0 saturated carbocycles. The number of carbonyl (C=O) groups excluding carboxylic acids is 4. The number of halogens is 1. The van der Waals surface area contributed by atoms with Crippen molar-refractivity contribution in [3.05, 3.63) is 0 Å². The van der Waals surface area contributed by atoms with Crippen LogP contribution in [0, 0.1) is 0 Å². The molecule has 2 N–H and O–H groups in total. The minimum absolute atomic E-state index is 0. The monoisotopic (exact) mass is 304 g/mol. The lowest BCUT2D eigenvalue weighted by atomic mass is 10.2. The number of rotatable bonds is 3. The van der Waals surface area contributed by atoms with Crippen LogP contribution in [0.2, 0.25) is 0 Å². The Labute approximate surface area is 122 Å². The minimum atomic E-state index is -0.324. The van der Waals surface area contributed by atoms with E-state index < -0.39 is 0 Å². The second-order valence-corrected chi connectivity index (χ2v) is 4.87. The molecule has 2 saturated heterocycles. The van der Waals surface area contributed by atoms with Crippen molar-refractivity contribution >= 4 is 36.0 Å². The first-order chi connectivity index (χ1) is 8.94. The molecule has 4 amide bonds. The average Bonchev–Trinajstić information content (AvgIpc) is 2.25. The average molecular weight is 305 g/mol. The van der Waals surface area contributed by atoms with Gasteiger partial charge in [0.15, 0.2) is 0 Å². The van der Waals surface area contributed by atoms with E-state index in [0.29, 0.717) is 6.54 Å². The molecule has 0 radical (unpaired) electrons. The lowest BCUT2D eigenvalue weighted by Gasteiger charge is -2.35. The summed E-state index contributed by atoms with van der Waals surface area (Å²) >= 11 is 0. The van der Waals surface area contributed by atoms with Gasteiger partial charge in [0.05, 0.1) is 26.2 Å². The first-order valence-electron chi connectivity index (χ1n) is 6.06. The lowest BCUT2D eigenvalue weighted by molar-refractivity contribution is -0.140. The molecule has 0 bridgehead atoms. The third kappa shape index (κ3) is 4.26. The van der Waals surface area contributed by atoms with Crippen LogP contribution in [-0.2, 0) is 19.2 Å². The fourth-order valence-electron chi connectivity index (χ4n) is 2.29. The third-order valence-electron chi connectivity index (χ3n) is 3.13. The predicted octanol–water partition coefficient (Wildman–Crippen LogP) is -2.29. The summed E-state index contributed by atoms with van der Waals surface area (Å²) in [6.07, 6.45) is 0. The van der Waals surface area contributed by atoms with E-state index in [0.717, 1.165) is 0 Å². The Balaban J connectivity index is 0.00000200. The molecule has 2 fully saturated rings. The van der Waals surface area contributed by atoms with Crippen molar-refractivity contribution in [2.75, 3.05) is 32.7 Å². The van der Waals surface area contributed by atoms with Crippen LogP contribution < -0.4 is 10.6 Å². The van der Waals surface area contributed by atoms with E-state index in [2.05, 4.69) is 10.6 Å². The number of amides is 4. The quantitative estimate of drug-likeness (QED) is 0.570. The van der Waals surface area contributed by atoms with Crippen LogP contribution in [0.3, 0.4) is 0 Å². The molecule has 0 spiro atoms. The Bertz CT molecular complexity index is 410. The highest BCUT2D eigenvalue weighted by atomic mass is 35.5. The van der Waals surface area contributed by atoms with E-state index in [1.54, 1.807) is 9.80 Å². The largest absolute Gasteiger partial charge is 0.294 e. The molecule has 2 aliphatic heterocycles. The van der Waals surface area contributed by atoms with Crippen molar-refractivity contribution in [1.82, 2.24) is 20.4 Å². The normalized spacial score (nSPS) is 22.9. The van der Waals surface area contributed by atoms with Gasteiger partial charge in [0.2, 0.25) is 23.6 Å². The van der Waals surface area contributed by atoms with Crippen LogP contribution in [0.15, 0.2) is 0 Å². The number of nitrogens with zero attached hydrogens (tertiary/aromatic N) is 2. The molecule has 9 heteroatoms. The zero-order valence-electron chi connectivity index (χ0n) is 11.0. The standard InChI is InChI=1S/C11H16N4O4.ClH/c1-7(15-5-10(18)13-11(19)6-15)2-14-3-8(16)12-9(17)4-14;/h7H,2-6H2,1H3,(H,12,16,17)(H,13,18,19);1H/t7-;/m0./s1. The fourth-order valence-corrected chi connectivity index (χ4v) is 2.29. The summed E-state index contributed by atoms with van der Waals surface area (Å²) in [5.41, 5.74) is 0. The number of hydrogen-bond acceptors (Lipinski definition) is 6. The predicted molar refractivity (Wildman–Crippen MR) is 71.0 cm³/mol. The Morgan fingerprint density at radius 2 is 1.30 bits per heavy atom. The van der Waals surface area contributed by atoms with Crippen LogP contribution >= 0.6 is 12.4 Å². The minimum Gasteiger partial charge on any atom is -0.294 e. The van der Waals surface area contributed by atoms with Crippen LogP contribution in [0.1, 0.15) is 6.92 Å². The molecule has 1 atom stereocenters. The van der Waals surface area contributed by atoms with Gasteiger partial charge in [-0.2, -0.15) is 0 Å². The first kappa shape index (κ1) is 16.5. The first-order valence-corrected chi connectivity index (χ1v) is 6.06. The summed E-state index contributed by atoms with van der Waals surface area (Å²) in [6, 6.07) is -0.0892. The zero-order valence-corrected chi connectivity index (χ0v) is 11.9. The van der Waals surface area contributed by atoms with E-state index in [1.165, 1.54) is 0 Å². The summed E-state index contributed by atoms with van der Waals surface area (Å²) in [7, 11) is 0. The number of piperazine rings is 2. The summed E-state index contributed by atoms with van der Waals surface area (Å²) in [5, 5.41) is 4.46. The lowest BCUT2D eigenvalue weighted by Crippen LogP contribution is -2.58. The van der Waals surface area contributed by atoms with Crippen molar-refractivity contribution < 1.29 is 19.2 Å². The second-order valence-electron chi connectivity index (χ2n) is 4.87. The number of nitrogens with one attached hydrogen (secondary N) is 2. The van der Waals surface area contributed by atoms with Gasteiger partial charge >= 0.3 is 0 Å². The van der Waals surface area contributed by atoms with Crippen LogP contribution in [0.5, 0.6) is 0 Å². The van der Waals surface area contributed by atoms with E-state index in [-0.39, 0.29) is 68.3 Å². The summed E-state index contributed by atoms with van der Waals surface area (Å²) < 4.78 is 0. The molecular formula is C11H17ClN4O4. The maximum absolute atomic E-state index is 11.3. The van der Waals surface area contributed by atoms with Crippen molar-refractivity contribution in [1.29, 1.82) is 0 Å². The molecule has 0 aromatic heterocycles. The van der Waals surface area contributed by atoms with Gasteiger partial charge in [-0.15, -0.1) is 12.4 Å². The van der Waals surface area contributed by atoms with Crippen LogP contribution in [0.4, 0.5) is 0 Å². The van der Waals surface area contributed by atoms with E-state index in [1.807, 2.05) is 6.92 Å². The Morgan fingerprint density at radius 3 is 1.75 bits per heavy atom. The maximum atomic E-state index is 11.3. The van der Waals surface area contributed by atoms with Gasteiger partial charge < -0.3 is 0 Å². The number of carbonyl (C=O) groups is 4. The van der Waals surface area contributed by atoms with Gasteiger partial charge in [0, 0.05) is 12.6 Å². The topological polar surface area (TPSA) is 98.8 Å². The van der Waals surface area contributed by atoms with Crippen molar-refractivity contribution in [2.24, 2.45) is 0 Å². The van der Waals surface area contributed by atoms with E-state index in [4.69, 9.17) is 0 Å². The van der Waals surface area contributed by atoms with Crippen LogP contribution in [0.25, 0.3) is 0 Å². The molecule has 2 heterocycles. The Kier molecular flexibility index (Phi) is 5.61. The molecule has 0 aromatic carbocycles. The molecule has 20 heavy (non-hydrogen) atoms. The van der Waals surface area contributed by atoms with Gasteiger partial charge in [-0.25, -0.2) is 0 Å². The highest BCUT2D eigenvalue weighted by molar-refractivity contribution is 6.00.